The van der Waals surface area contributed by atoms with Crippen LogP contribution in [-0.4, -0.2) is 54.1 Å². The third kappa shape index (κ3) is 4.87. The van der Waals surface area contributed by atoms with Crippen molar-refractivity contribution in [3.05, 3.63) is 87.8 Å². The van der Waals surface area contributed by atoms with E-state index in [2.05, 4.69) is 29.1 Å². The molecule has 2 amide bonds. The number of rotatable bonds is 5. The van der Waals surface area contributed by atoms with E-state index in [1.807, 2.05) is 36.4 Å². The Balaban J connectivity index is 1.68. The number of carbonyl (C=O) groups excluding carboxylic acids is 2. The number of nitrogens with zero attached hydrogens (tertiary/aromatic N) is 1. The van der Waals surface area contributed by atoms with Crippen LogP contribution in [0, 0.1) is 0 Å². The van der Waals surface area contributed by atoms with Crippen LogP contribution in [0.25, 0.3) is 0 Å². The molecule has 0 spiro atoms. The van der Waals surface area contributed by atoms with Gasteiger partial charge < -0.3 is 19.9 Å². The van der Waals surface area contributed by atoms with Crippen molar-refractivity contribution in [1.29, 1.82) is 0 Å². The molecule has 0 bridgehead atoms. The Kier molecular flexibility index (Phi) is 6.52. The predicted molar refractivity (Wildman–Crippen MR) is 136 cm³/mol. The maximum absolute atomic E-state index is 13.6. The molecule has 0 saturated heterocycles. The van der Waals surface area contributed by atoms with Crippen molar-refractivity contribution in [2.24, 2.45) is 0 Å². The van der Waals surface area contributed by atoms with Crippen molar-refractivity contribution in [2.75, 3.05) is 37.7 Å². The summed E-state index contributed by atoms with van der Waals surface area (Å²) >= 11 is 0. The van der Waals surface area contributed by atoms with Gasteiger partial charge in [-0.25, -0.2) is 10.0 Å². The number of hydrogen-bond donors (Lipinski definition) is 2. The van der Waals surface area contributed by atoms with Gasteiger partial charge in [0.15, 0.2) is 0 Å². The molecular formula is C26H29N3O4S. The lowest BCUT2D eigenvalue weighted by Crippen LogP contribution is -2.45. The number of amides is 2. The van der Waals surface area contributed by atoms with E-state index in [9.17, 15) is 14.4 Å². The first-order chi connectivity index (χ1) is 16.2. The molecule has 1 aromatic heterocycles. The minimum Gasteiger partial charge on any atom is -0.497 e. The average Bonchev–Trinajstić information content (AvgIpc) is 2.82. The monoisotopic (exact) mass is 479 g/mol. The highest BCUT2D eigenvalue weighted by Gasteiger charge is 2.36. The van der Waals surface area contributed by atoms with Crippen LogP contribution in [0.4, 0.5) is 5.69 Å². The number of H-pyrrole nitrogens is 1. The molecule has 178 valence electrons. The van der Waals surface area contributed by atoms with Crippen LogP contribution in [0.2, 0.25) is 0 Å². The second kappa shape index (κ2) is 9.38. The summed E-state index contributed by atoms with van der Waals surface area (Å²) in [5, 5.41) is 2.99. The van der Waals surface area contributed by atoms with E-state index in [1.54, 1.807) is 18.1 Å². The van der Waals surface area contributed by atoms with Gasteiger partial charge in [0.1, 0.15) is 11.8 Å². The van der Waals surface area contributed by atoms with E-state index in [1.165, 1.54) is 23.2 Å². The summed E-state index contributed by atoms with van der Waals surface area (Å²) in [4.78, 5) is 43.7. The number of aromatic amines is 1. The van der Waals surface area contributed by atoms with E-state index >= 15 is 0 Å². The topological polar surface area (TPSA) is 91.5 Å². The van der Waals surface area contributed by atoms with Crippen LogP contribution in [0.15, 0.2) is 70.5 Å². The normalized spacial score (nSPS) is 15.9. The van der Waals surface area contributed by atoms with Crippen LogP contribution >= 0.6 is 10.0 Å². The van der Waals surface area contributed by atoms with Gasteiger partial charge in [-0.2, -0.15) is 0 Å². The molecule has 2 aromatic carbocycles. The zero-order valence-corrected chi connectivity index (χ0v) is 20.6. The lowest BCUT2D eigenvalue weighted by atomic mass is 9.91. The Morgan fingerprint density at radius 3 is 2.41 bits per heavy atom. The number of benzene rings is 2. The summed E-state index contributed by atoms with van der Waals surface area (Å²) < 4.78 is 5.35. The van der Waals surface area contributed by atoms with Gasteiger partial charge in [-0.05, 0) is 83.7 Å². The van der Waals surface area contributed by atoms with Crippen molar-refractivity contribution >= 4 is 27.5 Å². The number of aromatic nitrogens is 1. The number of nitrogens with one attached hydrogen (secondary N) is 2. The van der Waals surface area contributed by atoms with Crippen LogP contribution < -0.4 is 15.6 Å². The number of hydrogen-bond acceptors (Lipinski definition) is 4. The highest BCUT2D eigenvalue weighted by molar-refractivity contribution is 8.32. The van der Waals surface area contributed by atoms with Gasteiger partial charge in [-0.3, -0.25) is 14.4 Å². The summed E-state index contributed by atoms with van der Waals surface area (Å²) in [6, 6.07) is 15.4. The molecule has 0 radical (unpaired) electrons. The van der Waals surface area contributed by atoms with E-state index in [4.69, 9.17) is 4.74 Å². The fourth-order valence-electron chi connectivity index (χ4n) is 4.10. The number of ether oxygens (including phenoxy) is 1. The summed E-state index contributed by atoms with van der Waals surface area (Å²) in [5.74, 6) is 0.0999. The Morgan fingerprint density at radius 1 is 1.06 bits per heavy atom. The summed E-state index contributed by atoms with van der Waals surface area (Å²) in [6.45, 7) is 0.364. The standard InChI is InChI=1S/C26H29N3O4S/c1-33-20-8-11-22-17(15-20)13-14-29(26(32)18-5-12-23(30)27-16-18)24(22)25(31)28-19-6-9-21(10-7-19)34(2,3)4/h5-12,15-16,24H,13-14H2,1-4H3,(H,27,30)(H,28,31). The quantitative estimate of drug-likeness (QED) is 0.582. The second-order valence-electron chi connectivity index (χ2n) is 9.01. The molecule has 1 atom stereocenters. The van der Waals surface area contributed by atoms with E-state index in [-0.39, 0.29) is 17.4 Å². The molecule has 0 aliphatic carbocycles. The smallest absolute Gasteiger partial charge is 0.256 e. The lowest BCUT2D eigenvalue weighted by molar-refractivity contribution is -0.121. The molecule has 0 fully saturated rings. The Bertz CT molecular complexity index is 1260. The molecular weight excluding hydrogens is 450 g/mol. The number of pyridine rings is 1. The van der Waals surface area contributed by atoms with Gasteiger partial charge in [-0.1, -0.05) is 6.07 Å². The molecule has 1 aliphatic heterocycles. The molecule has 1 unspecified atom stereocenters. The van der Waals surface area contributed by atoms with Crippen molar-refractivity contribution in [3.63, 3.8) is 0 Å². The number of fused-ring (bicyclic) bond motifs is 1. The Labute approximate surface area is 200 Å². The second-order valence-corrected chi connectivity index (χ2v) is 13.2. The molecule has 0 saturated carbocycles. The van der Waals surface area contributed by atoms with Gasteiger partial charge >= 0.3 is 0 Å². The lowest BCUT2D eigenvalue weighted by Gasteiger charge is -2.36. The maximum atomic E-state index is 13.6. The van der Waals surface area contributed by atoms with Crippen molar-refractivity contribution in [1.82, 2.24) is 9.88 Å². The minimum absolute atomic E-state index is 0.289. The van der Waals surface area contributed by atoms with E-state index in [0.717, 1.165) is 11.1 Å². The first kappa shape index (κ1) is 23.6. The van der Waals surface area contributed by atoms with Crippen LogP contribution in [0.5, 0.6) is 5.75 Å². The van der Waals surface area contributed by atoms with Crippen LogP contribution in [-0.2, 0) is 11.2 Å². The molecule has 34 heavy (non-hydrogen) atoms. The molecule has 7 nitrogen and oxygen atoms in total. The zero-order chi connectivity index (χ0) is 24.5. The highest BCUT2D eigenvalue weighted by atomic mass is 32.3. The number of carbonyl (C=O) groups is 2. The SMILES string of the molecule is COc1ccc2c(c1)CCN(C(=O)c1ccc(=O)[nH]c1)C2C(=O)Nc1ccc(S(C)(C)C)cc1. The third-order valence-corrected chi connectivity index (χ3v) is 7.63. The first-order valence-corrected chi connectivity index (χ1v) is 13.8. The van der Waals surface area contributed by atoms with Crippen LogP contribution in [0.1, 0.15) is 27.5 Å². The molecule has 4 rings (SSSR count). The maximum Gasteiger partial charge on any atom is 0.256 e. The van der Waals surface area contributed by atoms with E-state index in [0.29, 0.717) is 30.0 Å². The minimum atomic E-state index is -0.872. The molecule has 2 N–H and O–H groups in total. The molecule has 2 heterocycles. The summed E-state index contributed by atoms with van der Waals surface area (Å²) in [5.41, 5.74) is 2.44. The molecule has 3 aromatic rings. The van der Waals surface area contributed by atoms with Gasteiger partial charge in [0.2, 0.25) is 5.56 Å². The number of methoxy groups -OCH3 is 1. The Morgan fingerprint density at radius 2 is 1.79 bits per heavy atom. The molecule has 8 heteroatoms. The van der Waals surface area contributed by atoms with Gasteiger partial charge in [-0.15, -0.1) is 0 Å². The summed E-state index contributed by atoms with van der Waals surface area (Å²) in [7, 11) is 0.729. The third-order valence-electron chi connectivity index (χ3n) is 5.95. The number of anilines is 1. The van der Waals surface area contributed by atoms with Crippen molar-refractivity contribution < 1.29 is 14.3 Å². The van der Waals surface area contributed by atoms with Gasteiger partial charge in [0.05, 0.1) is 12.7 Å². The Hall–Kier alpha value is -3.52. The largest absolute Gasteiger partial charge is 0.497 e. The van der Waals surface area contributed by atoms with E-state index < -0.39 is 16.1 Å². The average molecular weight is 480 g/mol. The first-order valence-electron chi connectivity index (χ1n) is 10.9. The van der Waals surface area contributed by atoms with Crippen molar-refractivity contribution in [3.8, 4) is 5.75 Å². The zero-order valence-electron chi connectivity index (χ0n) is 19.8. The van der Waals surface area contributed by atoms with Gasteiger partial charge in [0.25, 0.3) is 11.8 Å². The van der Waals surface area contributed by atoms with Crippen LogP contribution in [0.3, 0.4) is 0 Å². The fraction of sp³-hybridized carbons (Fsp3) is 0.269. The predicted octanol–water partition coefficient (Wildman–Crippen LogP) is 3.81. The summed E-state index contributed by atoms with van der Waals surface area (Å²) in [6.07, 6.45) is 8.63. The molecule has 1 aliphatic rings. The highest BCUT2D eigenvalue weighted by Crippen LogP contribution is 2.45. The fourth-order valence-corrected chi connectivity index (χ4v) is 5.05. The van der Waals surface area contributed by atoms with Gasteiger partial charge in [0, 0.05) is 24.5 Å². The van der Waals surface area contributed by atoms with Crippen molar-refractivity contribution in [2.45, 2.75) is 17.4 Å².